The minimum Gasteiger partial charge on any atom is -0.377 e. The van der Waals surface area contributed by atoms with Crippen LogP contribution < -0.4 is 10.6 Å². The lowest BCUT2D eigenvalue weighted by molar-refractivity contribution is 0.0532. The summed E-state index contributed by atoms with van der Waals surface area (Å²) in [5.41, 5.74) is 0. The van der Waals surface area contributed by atoms with Crippen molar-refractivity contribution in [1.82, 2.24) is 15.5 Å². The molecule has 0 aliphatic carbocycles. The predicted octanol–water partition coefficient (Wildman–Crippen LogP) is 2.26. The Hall–Kier alpha value is -0.130. The number of halogens is 1. The molecule has 168 valence electrons. The average Bonchev–Trinajstić information content (AvgIpc) is 2.55. The second-order valence-electron chi connectivity index (χ2n) is 8.37. The lowest BCUT2D eigenvalue weighted by atomic mass is 10.1. The van der Waals surface area contributed by atoms with Crippen molar-refractivity contribution in [3.05, 3.63) is 0 Å². The van der Waals surface area contributed by atoms with Gasteiger partial charge in [0.2, 0.25) is 0 Å². The highest BCUT2D eigenvalue weighted by atomic mass is 127. The van der Waals surface area contributed by atoms with Crippen molar-refractivity contribution in [3.8, 4) is 0 Å². The van der Waals surface area contributed by atoms with Crippen LogP contribution in [0.2, 0.25) is 0 Å². The van der Waals surface area contributed by atoms with Crippen LogP contribution in [-0.2, 0) is 14.6 Å². The third kappa shape index (κ3) is 10.6. The molecule has 1 fully saturated rings. The summed E-state index contributed by atoms with van der Waals surface area (Å²) in [6.45, 7) is 16.2. The van der Waals surface area contributed by atoms with Crippen molar-refractivity contribution in [2.24, 2.45) is 4.99 Å². The Labute approximate surface area is 189 Å². The quantitative estimate of drug-likeness (QED) is 0.269. The SMILES string of the molecule is CCNC(=NCCS(=O)(=O)C(C)(C)C)NC1CCN(CCOC(C)C)CC1.I. The second kappa shape index (κ2) is 13.2. The number of guanidine groups is 1. The molecule has 0 aromatic rings. The fourth-order valence-electron chi connectivity index (χ4n) is 2.82. The fourth-order valence-corrected chi connectivity index (χ4v) is 3.76. The highest BCUT2D eigenvalue weighted by molar-refractivity contribution is 14.0. The fraction of sp³-hybridized carbons (Fsp3) is 0.947. The smallest absolute Gasteiger partial charge is 0.191 e. The summed E-state index contributed by atoms with van der Waals surface area (Å²) >= 11 is 0. The van der Waals surface area contributed by atoms with E-state index in [4.69, 9.17) is 4.74 Å². The maximum atomic E-state index is 12.2. The van der Waals surface area contributed by atoms with E-state index in [-0.39, 0.29) is 42.4 Å². The Balaban J connectivity index is 0.00000729. The van der Waals surface area contributed by atoms with Gasteiger partial charge in [0.15, 0.2) is 15.8 Å². The molecule has 2 N–H and O–H groups in total. The molecule has 0 atom stereocenters. The summed E-state index contributed by atoms with van der Waals surface area (Å²) in [4.78, 5) is 6.91. The molecule has 28 heavy (non-hydrogen) atoms. The topological polar surface area (TPSA) is 83.0 Å². The Bertz CT molecular complexity index is 554. The molecule has 0 saturated carbocycles. The van der Waals surface area contributed by atoms with Crippen LogP contribution in [0.1, 0.15) is 54.4 Å². The summed E-state index contributed by atoms with van der Waals surface area (Å²) < 4.78 is 29.3. The molecule has 9 heteroatoms. The van der Waals surface area contributed by atoms with Crippen molar-refractivity contribution in [2.75, 3.05) is 45.1 Å². The molecule has 1 aliphatic rings. The molecule has 0 amide bonds. The van der Waals surface area contributed by atoms with E-state index in [1.165, 1.54) is 0 Å². The summed E-state index contributed by atoms with van der Waals surface area (Å²) in [5.74, 6) is 0.782. The number of rotatable bonds is 9. The van der Waals surface area contributed by atoms with E-state index in [1.807, 2.05) is 6.92 Å². The number of hydrogen-bond donors (Lipinski definition) is 2. The number of piperidine rings is 1. The third-order valence-electron chi connectivity index (χ3n) is 4.69. The number of nitrogens with zero attached hydrogens (tertiary/aromatic N) is 2. The van der Waals surface area contributed by atoms with E-state index in [2.05, 4.69) is 34.4 Å². The highest BCUT2D eigenvalue weighted by Gasteiger charge is 2.28. The van der Waals surface area contributed by atoms with E-state index < -0.39 is 14.6 Å². The summed E-state index contributed by atoms with van der Waals surface area (Å²) in [5, 5.41) is 6.69. The van der Waals surface area contributed by atoms with E-state index in [0.29, 0.717) is 12.0 Å². The normalized spacial score (nSPS) is 17.5. The van der Waals surface area contributed by atoms with Gasteiger partial charge in [-0.1, -0.05) is 0 Å². The van der Waals surface area contributed by atoms with Crippen LogP contribution in [0.15, 0.2) is 4.99 Å². The van der Waals surface area contributed by atoms with Crippen molar-refractivity contribution >= 4 is 39.8 Å². The van der Waals surface area contributed by atoms with Crippen LogP contribution in [-0.4, -0.2) is 81.3 Å². The largest absolute Gasteiger partial charge is 0.377 e. The van der Waals surface area contributed by atoms with Gasteiger partial charge in [-0.3, -0.25) is 4.99 Å². The van der Waals surface area contributed by atoms with Crippen molar-refractivity contribution in [2.45, 2.75) is 71.3 Å². The minimum atomic E-state index is -3.14. The number of nitrogens with one attached hydrogen (secondary N) is 2. The number of sulfone groups is 1. The maximum absolute atomic E-state index is 12.2. The lowest BCUT2D eigenvalue weighted by Crippen LogP contribution is -2.49. The van der Waals surface area contributed by atoms with Gasteiger partial charge in [0, 0.05) is 32.2 Å². The molecule has 1 rings (SSSR count). The molecule has 0 bridgehead atoms. The first-order valence-corrected chi connectivity index (χ1v) is 11.8. The van der Waals surface area contributed by atoms with Crippen LogP contribution in [0, 0.1) is 0 Å². The van der Waals surface area contributed by atoms with Crippen LogP contribution in [0.4, 0.5) is 0 Å². The summed E-state index contributed by atoms with van der Waals surface area (Å²) in [6.07, 6.45) is 2.38. The molecule has 0 aromatic heterocycles. The maximum Gasteiger partial charge on any atom is 0.191 e. The number of hydrogen-bond acceptors (Lipinski definition) is 5. The number of aliphatic imine (C=N–C) groups is 1. The van der Waals surface area contributed by atoms with Crippen molar-refractivity contribution in [3.63, 3.8) is 0 Å². The Morgan fingerprint density at radius 1 is 1.25 bits per heavy atom. The van der Waals surface area contributed by atoms with Gasteiger partial charge >= 0.3 is 0 Å². The standard InChI is InChI=1S/C19H40N4O3S.HI/c1-7-20-18(21-10-15-27(24,25)19(4,5)6)22-17-8-11-23(12-9-17)13-14-26-16(2)3;/h16-17H,7-15H2,1-6H3,(H2,20,21,22);1H. The van der Waals surface area contributed by atoms with Gasteiger partial charge in [0.25, 0.3) is 0 Å². The molecular weight excluding hydrogens is 491 g/mol. The monoisotopic (exact) mass is 532 g/mol. The zero-order valence-corrected chi connectivity index (χ0v) is 21.6. The van der Waals surface area contributed by atoms with Crippen LogP contribution in [0.5, 0.6) is 0 Å². The van der Waals surface area contributed by atoms with Crippen LogP contribution >= 0.6 is 24.0 Å². The molecule has 1 aliphatic heterocycles. The molecule has 0 radical (unpaired) electrons. The van der Waals surface area contributed by atoms with Gasteiger partial charge in [-0.05, 0) is 54.4 Å². The molecule has 1 heterocycles. The van der Waals surface area contributed by atoms with E-state index in [1.54, 1.807) is 20.8 Å². The number of likely N-dealkylation sites (tertiary alicyclic amines) is 1. The van der Waals surface area contributed by atoms with Crippen LogP contribution in [0.3, 0.4) is 0 Å². The lowest BCUT2D eigenvalue weighted by Gasteiger charge is -2.33. The molecule has 0 aromatic carbocycles. The van der Waals surface area contributed by atoms with E-state index in [9.17, 15) is 8.42 Å². The average molecular weight is 533 g/mol. The summed E-state index contributed by atoms with van der Waals surface area (Å²) in [7, 11) is -3.14. The van der Waals surface area contributed by atoms with E-state index >= 15 is 0 Å². The Kier molecular flexibility index (Phi) is 13.2. The summed E-state index contributed by atoms with van der Waals surface area (Å²) in [6, 6.07) is 0.365. The van der Waals surface area contributed by atoms with Crippen molar-refractivity contribution in [1.29, 1.82) is 0 Å². The molecular formula is C19H41IN4O3S. The van der Waals surface area contributed by atoms with Gasteiger partial charge in [0.05, 0.1) is 29.8 Å². The molecule has 0 spiro atoms. The number of ether oxygens (including phenoxy) is 1. The highest BCUT2D eigenvalue weighted by Crippen LogP contribution is 2.15. The third-order valence-corrected chi connectivity index (χ3v) is 7.28. The second-order valence-corrected chi connectivity index (χ2v) is 11.2. The molecule has 1 saturated heterocycles. The van der Waals surface area contributed by atoms with Gasteiger partial charge < -0.3 is 20.3 Å². The molecule has 0 unspecified atom stereocenters. The van der Waals surface area contributed by atoms with Gasteiger partial charge in [-0.2, -0.15) is 0 Å². The van der Waals surface area contributed by atoms with Crippen molar-refractivity contribution < 1.29 is 13.2 Å². The minimum absolute atomic E-state index is 0. The first kappa shape index (κ1) is 27.9. The van der Waals surface area contributed by atoms with Gasteiger partial charge in [0.1, 0.15) is 0 Å². The van der Waals surface area contributed by atoms with Gasteiger partial charge in [-0.25, -0.2) is 8.42 Å². The zero-order valence-electron chi connectivity index (χ0n) is 18.5. The first-order valence-electron chi connectivity index (χ1n) is 10.2. The zero-order chi connectivity index (χ0) is 20.5. The van der Waals surface area contributed by atoms with Gasteiger partial charge in [-0.15, -0.1) is 24.0 Å². The Morgan fingerprint density at radius 3 is 2.36 bits per heavy atom. The van der Waals surface area contributed by atoms with E-state index in [0.717, 1.165) is 45.6 Å². The predicted molar refractivity (Wildman–Crippen MR) is 129 cm³/mol. The Morgan fingerprint density at radius 2 is 1.86 bits per heavy atom. The first-order chi connectivity index (χ1) is 12.5. The van der Waals surface area contributed by atoms with Crippen LogP contribution in [0.25, 0.3) is 0 Å². The molecule has 7 nitrogen and oxygen atoms in total.